The zero-order chi connectivity index (χ0) is 12.0. The minimum atomic E-state index is -0.502. The molecular formula is C12H15Cl2NO. The maximum atomic E-state index is 11.3. The van der Waals surface area contributed by atoms with Gasteiger partial charge in [0.2, 0.25) is 0 Å². The van der Waals surface area contributed by atoms with Gasteiger partial charge in [0.25, 0.3) is 0 Å². The van der Waals surface area contributed by atoms with Gasteiger partial charge in [-0.25, -0.2) is 0 Å². The second kappa shape index (κ2) is 6.77. The van der Waals surface area contributed by atoms with Crippen molar-refractivity contribution in [2.45, 2.75) is 25.3 Å². The predicted molar refractivity (Wildman–Crippen MR) is 67.9 cm³/mol. The van der Waals surface area contributed by atoms with Crippen molar-refractivity contribution >= 4 is 28.6 Å². The predicted octanol–water partition coefficient (Wildman–Crippen LogP) is 4.38. The molecule has 0 aliphatic rings. The van der Waals surface area contributed by atoms with Gasteiger partial charge in [-0.15, -0.1) is 0 Å². The van der Waals surface area contributed by atoms with Gasteiger partial charge in [0.05, 0.1) is 0 Å². The van der Waals surface area contributed by atoms with Crippen molar-refractivity contribution in [1.29, 1.82) is 0 Å². The molecular weight excluding hydrogens is 245 g/mol. The average molecular weight is 260 g/mol. The molecule has 0 spiro atoms. The summed E-state index contributed by atoms with van der Waals surface area (Å²) in [5, 5.41) is -0.502. The van der Waals surface area contributed by atoms with Crippen molar-refractivity contribution in [1.82, 2.24) is 4.90 Å². The first kappa shape index (κ1) is 13.3. The number of hydrogen-bond acceptors (Lipinski definition) is 1. The van der Waals surface area contributed by atoms with E-state index in [0.29, 0.717) is 6.54 Å². The van der Waals surface area contributed by atoms with Crippen LogP contribution in [0.2, 0.25) is 0 Å². The maximum absolute atomic E-state index is 11.3. The molecule has 88 valence electrons. The van der Waals surface area contributed by atoms with Gasteiger partial charge in [-0.3, -0.25) is 4.79 Å². The third-order valence-electron chi connectivity index (χ3n) is 2.33. The van der Waals surface area contributed by atoms with E-state index in [1.54, 1.807) is 0 Å². The summed E-state index contributed by atoms with van der Waals surface area (Å²) in [4.78, 5) is 12.7. The Bertz CT molecular complexity index is 329. The zero-order valence-electron chi connectivity index (χ0n) is 9.20. The van der Waals surface area contributed by atoms with Crippen LogP contribution < -0.4 is 0 Å². The molecule has 4 heteroatoms. The molecule has 1 rings (SSSR count). The van der Waals surface area contributed by atoms with Crippen LogP contribution in [0.1, 0.15) is 30.8 Å². The van der Waals surface area contributed by atoms with Crippen LogP contribution in [0.25, 0.3) is 0 Å². The molecule has 0 radical (unpaired) electrons. The molecule has 0 saturated carbocycles. The number of alkyl halides is 1. The van der Waals surface area contributed by atoms with Gasteiger partial charge in [-0.1, -0.05) is 55.3 Å². The third-order valence-corrected chi connectivity index (χ3v) is 3.03. The monoisotopic (exact) mass is 259 g/mol. The number of hydrogen-bond donors (Lipinski definition) is 0. The SMILES string of the molecule is CCCCN(C(=O)Cl)C(Cl)c1ccccc1. The molecule has 0 saturated heterocycles. The number of benzene rings is 1. The minimum absolute atomic E-state index is 0.488. The Morgan fingerprint density at radius 1 is 1.38 bits per heavy atom. The lowest BCUT2D eigenvalue weighted by Gasteiger charge is -2.25. The van der Waals surface area contributed by atoms with Crippen LogP contribution in [0.5, 0.6) is 0 Å². The van der Waals surface area contributed by atoms with E-state index in [-0.39, 0.29) is 0 Å². The Balaban J connectivity index is 2.75. The van der Waals surface area contributed by atoms with E-state index < -0.39 is 10.9 Å². The first-order valence-electron chi connectivity index (χ1n) is 5.32. The summed E-state index contributed by atoms with van der Waals surface area (Å²) in [6, 6.07) is 9.46. The summed E-state index contributed by atoms with van der Waals surface area (Å²) in [7, 11) is 0. The smallest absolute Gasteiger partial charge is 0.309 e. The van der Waals surface area contributed by atoms with Crippen molar-refractivity contribution < 1.29 is 4.79 Å². The number of unbranched alkanes of at least 4 members (excludes halogenated alkanes) is 1. The van der Waals surface area contributed by atoms with Crippen LogP contribution in [0.3, 0.4) is 0 Å². The van der Waals surface area contributed by atoms with Gasteiger partial charge in [-0.2, -0.15) is 0 Å². The highest BCUT2D eigenvalue weighted by molar-refractivity contribution is 6.63. The summed E-state index contributed by atoms with van der Waals surface area (Å²) in [6.07, 6.45) is 1.90. The molecule has 0 aliphatic heterocycles. The molecule has 0 fully saturated rings. The molecule has 0 bridgehead atoms. The van der Waals surface area contributed by atoms with E-state index in [1.807, 2.05) is 30.3 Å². The molecule has 1 atom stereocenters. The van der Waals surface area contributed by atoms with E-state index >= 15 is 0 Å². The second-order valence-corrected chi connectivity index (χ2v) is 4.28. The van der Waals surface area contributed by atoms with Crippen LogP contribution in [0.15, 0.2) is 30.3 Å². The van der Waals surface area contributed by atoms with Crippen LogP contribution >= 0.6 is 23.2 Å². The Labute approximate surface area is 106 Å². The van der Waals surface area contributed by atoms with Crippen LogP contribution in [-0.4, -0.2) is 16.8 Å². The number of halogens is 2. The number of amides is 1. The van der Waals surface area contributed by atoms with Gasteiger partial charge >= 0.3 is 5.37 Å². The van der Waals surface area contributed by atoms with E-state index in [4.69, 9.17) is 23.2 Å². The topological polar surface area (TPSA) is 20.3 Å². The summed E-state index contributed by atoms with van der Waals surface area (Å²) in [5.74, 6) is 0. The number of carbonyl (C=O) groups excluding carboxylic acids is 1. The molecule has 1 aromatic carbocycles. The zero-order valence-corrected chi connectivity index (χ0v) is 10.7. The second-order valence-electron chi connectivity index (χ2n) is 3.55. The first-order chi connectivity index (χ1) is 7.66. The molecule has 0 N–H and O–H groups in total. The first-order valence-corrected chi connectivity index (χ1v) is 6.13. The van der Waals surface area contributed by atoms with Crippen molar-refractivity contribution in [3.8, 4) is 0 Å². The summed E-state index contributed by atoms with van der Waals surface area (Å²) in [6.45, 7) is 2.64. The summed E-state index contributed by atoms with van der Waals surface area (Å²) >= 11 is 11.8. The average Bonchev–Trinajstić information content (AvgIpc) is 2.30. The normalized spacial score (nSPS) is 12.2. The Morgan fingerprint density at radius 2 is 2.00 bits per heavy atom. The summed E-state index contributed by atoms with van der Waals surface area (Å²) in [5.41, 5.74) is 0.395. The fraction of sp³-hybridized carbons (Fsp3) is 0.417. The van der Waals surface area contributed by atoms with Gasteiger partial charge in [-0.05, 0) is 23.6 Å². The van der Waals surface area contributed by atoms with E-state index in [2.05, 4.69) is 6.92 Å². The number of carbonyl (C=O) groups is 1. The molecule has 0 aliphatic carbocycles. The van der Waals surface area contributed by atoms with E-state index in [0.717, 1.165) is 18.4 Å². The number of rotatable bonds is 5. The highest BCUT2D eigenvalue weighted by Gasteiger charge is 2.20. The Hall–Kier alpha value is -0.730. The largest absolute Gasteiger partial charge is 0.317 e. The van der Waals surface area contributed by atoms with Crippen molar-refractivity contribution in [3.63, 3.8) is 0 Å². The van der Waals surface area contributed by atoms with Gasteiger partial charge < -0.3 is 4.90 Å². The van der Waals surface area contributed by atoms with Crippen LogP contribution in [0.4, 0.5) is 4.79 Å². The lowest BCUT2D eigenvalue weighted by molar-refractivity contribution is 0.215. The molecule has 1 unspecified atom stereocenters. The minimum Gasteiger partial charge on any atom is -0.309 e. The van der Waals surface area contributed by atoms with Gasteiger partial charge in [0.15, 0.2) is 0 Å². The number of nitrogens with zero attached hydrogens (tertiary/aromatic N) is 1. The van der Waals surface area contributed by atoms with E-state index in [9.17, 15) is 4.79 Å². The van der Waals surface area contributed by atoms with Crippen LogP contribution in [0, 0.1) is 0 Å². The molecule has 2 nitrogen and oxygen atoms in total. The molecule has 0 heterocycles. The molecule has 0 aromatic heterocycles. The van der Waals surface area contributed by atoms with Crippen LogP contribution in [-0.2, 0) is 0 Å². The Kier molecular flexibility index (Phi) is 5.64. The lowest BCUT2D eigenvalue weighted by Crippen LogP contribution is -2.29. The fourth-order valence-corrected chi connectivity index (χ4v) is 1.97. The third kappa shape index (κ3) is 3.69. The molecule has 1 aromatic rings. The quantitative estimate of drug-likeness (QED) is 0.437. The van der Waals surface area contributed by atoms with Crippen molar-refractivity contribution in [2.24, 2.45) is 0 Å². The van der Waals surface area contributed by atoms with E-state index in [1.165, 1.54) is 4.90 Å². The molecule has 16 heavy (non-hydrogen) atoms. The molecule has 1 amide bonds. The standard InChI is InChI=1S/C12H15Cl2NO/c1-2-3-9-15(12(14)16)11(13)10-7-5-4-6-8-10/h4-8,11H,2-3,9H2,1H3. The Morgan fingerprint density at radius 3 is 2.50 bits per heavy atom. The lowest BCUT2D eigenvalue weighted by atomic mass is 10.2. The summed E-state index contributed by atoms with van der Waals surface area (Å²) < 4.78 is 0. The van der Waals surface area contributed by atoms with Crippen molar-refractivity contribution in [3.05, 3.63) is 35.9 Å². The van der Waals surface area contributed by atoms with Crippen molar-refractivity contribution in [2.75, 3.05) is 6.54 Å². The highest BCUT2D eigenvalue weighted by atomic mass is 35.5. The maximum Gasteiger partial charge on any atom is 0.317 e. The highest BCUT2D eigenvalue weighted by Crippen LogP contribution is 2.26. The fourth-order valence-electron chi connectivity index (χ4n) is 1.41. The van der Waals surface area contributed by atoms with Gasteiger partial charge in [0, 0.05) is 6.54 Å². The van der Waals surface area contributed by atoms with Gasteiger partial charge in [0.1, 0.15) is 5.50 Å².